The topological polar surface area (TPSA) is 61.3 Å². The predicted octanol–water partition coefficient (Wildman–Crippen LogP) is 3.81. The van der Waals surface area contributed by atoms with Crippen molar-refractivity contribution in [1.29, 1.82) is 0 Å². The summed E-state index contributed by atoms with van der Waals surface area (Å²) in [5, 5.41) is 0. The van der Waals surface area contributed by atoms with E-state index in [-0.39, 0.29) is 0 Å². The Bertz CT molecular complexity index is 733. The minimum Gasteiger partial charge on any atom is -0.487 e. The number of nitrogens with zero attached hydrogens (tertiary/aromatic N) is 1. The Labute approximate surface area is 123 Å². The third-order valence-corrected chi connectivity index (χ3v) is 3.10. The van der Waals surface area contributed by atoms with Crippen molar-refractivity contribution in [2.24, 2.45) is 0 Å². The van der Waals surface area contributed by atoms with Gasteiger partial charge in [-0.05, 0) is 31.2 Å². The van der Waals surface area contributed by atoms with Crippen molar-refractivity contribution < 1.29 is 9.15 Å². The average Bonchev–Trinajstić information content (AvgIpc) is 2.95. The van der Waals surface area contributed by atoms with Crippen molar-refractivity contribution in [2.45, 2.75) is 13.5 Å². The third-order valence-electron chi connectivity index (χ3n) is 3.10. The Morgan fingerprint density at radius 1 is 1.14 bits per heavy atom. The number of rotatable bonds is 4. The number of anilines is 1. The molecule has 3 rings (SSSR count). The van der Waals surface area contributed by atoms with Crippen molar-refractivity contribution in [3.8, 4) is 17.2 Å². The standard InChI is InChI=1S/C17H16N2O2/c1-12-5-7-13(8-6-12)17-19-15(11-21-17)10-20-16-4-2-3-14(18)9-16/h2-9,11H,10,18H2,1H3. The number of oxazole rings is 1. The number of nitrogen functional groups attached to an aromatic ring is 1. The van der Waals surface area contributed by atoms with Crippen LogP contribution < -0.4 is 10.5 Å². The first-order valence-electron chi connectivity index (χ1n) is 6.70. The van der Waals surface area contributed by atoms with Crippen LogP contribution in [0, 0.1) is 6.92 Å². The van der Waals surface area contributed by atoms with Gasteiger partial charge in [0.2, 0.25) is 5.89 Å². The number of benzene rings is 2. The molecule has 21 heavy (non-hydrogen) atoms. The number of ether oxygens (including phenoxy) is 1. The molecular formula is C17H16N2O2. The monoisotopic (exact) mass is 280 g/mol. The van der Waals surface area contributed by atoms with E-state index < -0.39 is 0 Å². The van der Waals surface area contributed by atoms with Gasteiger partial charge in [0.1, 0.15) is 24.3 Å². The molecule has 1 aromatic heterocycles. The van der Waals surface area contributed by atoms with Crippen LogP contribution in [-0.4, -0.2) is 4.98 Å². The molecule has 0 spiro atoms. The van der Waals surface area contributed by atoms with Crippen LogP contribution in [0.1, 0.15) is 11.3 Å². The fourth-order valence-electron chi connectivity index (χ4n) is 1.96. The summed E-state index contributed by atoms with van der Waals surface area (Å²) in [7, 11) is 0. The second kappa shape index (κ2) is 5.71. The number of aryl methyl sites for hydroxylation is 1. The lowest BCUT2D eigenvalue weighted by molar-refractivity contribution is 0.301. The lowest BCUT2D eigenvalue weighted by atomic mass is 10.1. The predicted molar refractivity (Wildman–Crippen MR) is 81.9 cm³/mol. The lowest BCUT2D eigenvalue weighted by Gasteiger charge is -2.03. The van der Waals surface area contributed by atoms with Gasteiger partial charge >= 0.3 is 0 Å². The summed E-state index contributed by atoms with van der Waals surface area (Å²) in [6, 6.07) is 15.3. The summed E-state index contributed by atoms with van der Waals surface area (Å²) in [5.74, 6) is 1.32. The maximum atomic E-state index is 5.71. The fraction of sp³-hybridized carbons (Fsp3) is 0.118. The summed E-state index contributed by atoms with van der Waals surface area (Å²) < 4.78 is 11.1. The molecule has 0 unspecified atom stereocenters. The normalized spacial score (nSPS) is 10.5. The van der Waals surface area contributed by atoms with E-state index in [9.17, 15) is 0 Å². The first kappa shape index (κ1) is 13.2. The molecule has 2 N–H and O–H groups in total. The van der Waals surface area contributed by atoms with E-state index in [0.29, 0.717) is 18.2 Å². The van der Waals surface area contributed by atoms with Crippen LogP contribution in [-0.2, 0) is 6.61 Å². The van der Waals surface area contributed by atoms with Crippen LogP contribution in [0.5, 0.6) is 5.75 Å². The van der Waals surface area contributed by atoms with Crippen molar-refractivity contribution in [2.75, 3.05) is 5.73 Å². The van der Waals surface area contributed by atoms with Gasteiger partial charge in [0.25, 0.3) is 0 Å². The summed E-state index contributed by atoms with van der Waals surface area (Å²) >= 11 is 0. The van der Waals surface area contributed by atoms with Gasteiger partial charge in [-0.15, -0.1) is 0 Å². The van der Waals surface area contributed by atoms with Gasteiger partial charge < -0.3 is 14.9 Å². The summed E-state index contributed by atoms with van der Waals surface area (Å²) in [5.41, 5.74) is 9.28. The zero-order valence-corrected chi connectivity index (χ0v) is 11.7. The van der Waals surface area contributed by atoms with E-state index in [4.69, 9.17) is 14.9 Å². The lowest BCUT2D eigenvalue weighted by Crippen LogP contribution is -1.96. The highest BCUT2D eigenvalue weighted by atomic mass is 16.5. The first-order chi connectivity index (χ1) is 10.2. The van der Waals surface area contributed by atoms with E-state index in [1.807, 2.05) is 49.4 Å². The van der Waals surface area contributed by atoms with Crippen LogP contribution in [0.25, 0.3) is 11.5 Å². The van der Waals surface area contributed by atoms with Gasteiger partial charge in [-0.2, -0.15) is 0 Å². The Balaban J connectivity index is 1.69. The highest BCUT2D eigenvalue weighted by Crippen LogP contribution is 2.20. The maximum absolute atomic E-state index is 5.71. The zero-order chi connectivity index (χ0) is 14.7. The molecule has 0 bridgehead atoms. The highest BCUT2D eigenvalue weighted by molar-refractivity contribution is 5.53. The molecule has 2 aromatic carbocycles. The van der Waals surface area contributed by atoms with Gasteiger partial charge in [-0.3, -0.25) is 0 Å². The zero-order valence-electron chi connectivity index (χ0n) is 11.7. The molecule has 0 aliphatic rings. The fourth-order valence-corrected chi connectivity index (χ4v) is 1.96. The molecule has 1 heterocycles. The smallest absolute Gasteiger partial charge is 0.226 e. The van der Waals surface area contributed by atoms with Gasteiger partial charge in [-0.25, -0.2) is 4.98 Å². The Kier molecular flexibility index (Phi) is 3.60. The molecule has 106 valence electrons. The van der Waals surface area contributed by atoms with Crippen LogP contribution in [0.3, 0.4) is 0 Å². The van der Waals surface area contributed by atoms with E-state index in [0.717, 1.165) is 17.0 Å². The summed E-state index contributed by atoms with van der Waals surface area (Å²) in [4.78, 5) is 4.42. The SMILES string of the molecule is Cc1ccc(-c2nc(COc3cccc(N)c3)co2)cc1. The van der Waals surface area contributed by atoms with Crippen LogP contribution in [0.15, 0.2) is 59.2 Å². The number of nitrogens with two attached hydrogens (primary N) is 1. The molecule has 3 aromatic rings. The minimum absolute atomic E-state index is 0.346. The largest absolute Gasteiger partial charge is 0.487 e. The third kappa shape index (κ3) is 3.23. The molecule has 0 saturated heterocycles. The van der Waals surface area contributed by atoms with E-state index >= 15 is 0 Å². The van der Waals surface area contributed by atoms with E-state index in [2.05, 4.69) is 4.98 Å². The molecular weight excluding hydrogens is 264 g/mol. The van der Waals surface area contributed by atoms with Crippen molar-refractivity contribution in [3.05, 3.63) is 66.1 Å². The second-order valence-corrected chi connectivity index (χ2v) is 4.87. The summed E-state index contributed by atoms with van der Waals surface area (Å²) in [6.07, 6.45) is 1.61. The Morgan fingerprint density at radius 2 is 1.95 bits per heavy atom. The molecule has 4 heteroatoms. The number of aromatic nitrogens is 1. The number of hydrogen-bond donors (Lipinski definition) is 1. The van der Waals surface area contributed by atoms with Gasteiger partial charge in [0, 0.05) is 17.3 Å². The Morgan fingerprint density at radius 3 is 2.71 bits per heavy atom. The second-order valence-electron chi connectivity index (χ2n) is 4.87. The van der Waals surface area contributed by atoms with Crippen LogP contribution in [0.2, 0.25) is 0 Å². The molecule has 0 aliphatic carbocycles. The van der Waals surface area contributed by atoms with Crippen molar-refractivity contribution >= 4 is 5.69 Å². The van der Waals surface area contributed by atoms with Gasteiger partial charge in [-0.1, -0.05) is 23.8 Å². The van der Waals surface area contributed by atoms with Crippen LogP contribution >= 0.6 is 0 Å². The van der Waals surface area contributed by atoms with Crippen molar-refractivity contribution in [1.82, 2.24) is 4.98 Å². The van der Waals surface area contributed by atoms with Crippen molar-refractivity contribution in [3.63, 3.8) is 0 Å². The minimum atomic E-state index is 0.346. The van der Waals surface area contributed by atoms with Gasteiger partial charge in [0.05, 0.1) is 0 Å². The van der Waals surface area contributed by atoms with E-state index in [1.54, 1.807) is 12.3 Å². The maximum Gasteiger partial charge on any atom is 0.226 e. The molecule has 0 saturated carbocycles. The quantitative estimate of drug-likeness (QED) is 0.738. The molecule has 0 radical (unpaired) electrons. The first-order valence-corrected chi connectivity index (χ1v) is 6.70. The molecule has 0 amide bonds. The average molecular weight is 280 g/mol. The van der Waals surface area contributed by atoms with Crippen LogP contribution in [0.4, 0.5) is 5.69 Å². The Hall–Kier alpha value is -2.75. The molecule has 4 nitrogen and oxygen atoms in total. The molecule has 0 atom stereocenters. The summed E-state index contributed by atoms with van der Waals surface area (Å²) in [6.45, 7) is 2.39. The van der Waals surface area contributed by atoms with E-state index in [1.165, 1.54) is 5.56 Å². The number of hydrogen-bond acceptors (Lipinski definition) is 4. The molecule has 0 fully saturated rings. The molecule has 0 aliphatic heterocycles. The van der Waals surface area contributed by atoms with Gasteiger partial charge in [0.15, 0.2) is 0 Å². The highest BCUT2D eigenvalue weighted by Gasteiger charge is 2.07.